The number of nitriles is 1. The molecule has 0 spiro atoms. The molecule has 1 atom stereocenters. The van der Waals surface area contributed by atoms with Crippen LogP contribution >= 0.6 is 0 Å². The van der Waals surface area contributed by atoms with Crippen molar-refractivity contribution in [1.29, 1.82) is 5.26 Å². The van der Waals surface area contributed by atoms with Gasteiger partial charge in [0.1, 0.15) is 0 Å². The molecule has 0 aromatic rings. The number of alkyl halides is 2. The highest BCUT2D eigenvalue weighted by Gasteiger charge is 2.39. The van der Waals surface area contributed by atoms with Crippen molar-refractivity contribution in [2.24, 2.45) is 11.8 Å². The summed E-state index contributed by atoms with van der Waals surface area (Å²) in [6.45, 7) is 1.14. The summed E-state index contributed by atoms with van der Waals surface area (Å²) in [7, 11) is 0. The van der Waals surface area contributed by atoms with Gasteiger partial charge in [-0.05, 0) is 25.7 Å². The first-order valence-electron chi connectivity index (χ1n) is 6.58. The molecule has 2 fully saturated rings. The first kappa shape index (κ1) is 13.3. The van der Waals surface area contributed by atoms with Crippen molar-refractivity contribution in [3.05, 3.63) is 0 Å². The van der Waals surface area contributed by atoms with E-state index in [9.17, 15) is 13.6 Å². The second kappa shape index (κ2) is 5.21. The number of nitrogens with zero attached hydrogens (tertiary/aromatic N) is 2. The summed E-state index contributed by atoms with van der Waals surface area (Å²) in [5, 5.41) is 8.88. The van der Waals surface area contributed by atoms with Crippen LogP contribution in [0.25, 0.3) is 0 Å². The van der Waals surface area contributed by atoms with E-state index in [0.717, 1.165) is 12.8 Å². The minimum atomic E-state index is -2.59. The number of hydrogen-bond acceptors (Lipinski definition) is 2. The topological polar surface area (TPSA) is 44.1 Å². The van der Waals surface area contributed by atoms with Crippen LogP contribution in [-0.4, -0.2) is 29.8 Å². The van der Waals surface area contributed by atoms with Gasteiger partial charge in [-0.25, -0.2) is 8.78 Å². The van der Waals surface area contributed by atoms with Crippen LogP contribution in [0.1, 0.15) is 38.5 Å². The van der Waals surface area contributed by atoms with Crippen LogP contribution in [0.3, 0.4) is 0 Å². The lowest BCUT2D eigenvalue weighted by Crippen LogP contribution is -2.44. The standard InChI is InChI=1S/C13H18F2N2O/c14-13(15)5-3-11(4-6-13)12(18)17-7-1-2-10(8-16)9-17/h10-11H,1-7,9H2. The van der Waals surface area contributed by atoms with Crippen LogP contribution in [-0.2, 0) is 4.79 Å². The number of hydrogen-bond donors (Lipinski definition) is 0. The lowest BCUT2D eigenvalue weighted by Gasteiger charge is -2.35. The number of halogens is 2. The Bertz CT molecular complexity index is 354. The average molecular weight is 256 g/mol. The summed E-state index contributed by atoms with van der Waals surface area (Å²) in [6, 6.07) is 2.19. The summed E-state index contributed by atoms with van der Waals surface area (Å²) in [6.07, 6.45) is 1.87. The molecule has 3 nitrogen and oxygen atoms in total. The van der Waals surface area contributed by atoms with Crippen molar-refractivity contribution in [3.8, 4) is 6.07 Å². The maximum atomic E-state index is 13.0. The summed E-state index contributed by atoms with van der Waals surface area (Å²) in [4.78, 5) is 13.9. The Balaban J connectivity index is 1.90. The van der Waals surface area contributed by atoms with Crippen LogP contribution in [0.5, 0.6) is 0 Å². The van der Waals surface area contributed by atoms with Crippen LogP contribution in [0.15, 0.2) is 0 Å². The number of amides is 1. The van der Waals surface area contributed by atoms with E-state index in [1.165, 1.54) is 0 Å². The third-order valence-electron chi connectivity index (χ3n) is 3.98. The van der Waals surface area contributed by atoms with Gasteiger partial charge in [-0.2, -0.15) is 5.26 Å². The number of carbonyl (C=O) groups excluding carboxylic acids is 1. The molecule has 1 amide bonds. The first-order valence-corrected chi connectivity index (χ1v) is 6.58. The molecular formula is C13H18F2N2O. The van der Waals surface area contributed by atoms with E-state index in [1.54, 1.807) is 4.90 Å². The van der Waals surface area contributed by atoms with E-state index in [-0.39, 0.29) is 43.4 Å². The second-order valence-corrected chi connectivity index (χ2v) is 5.38. The van der Waals surface area contributed by atoms with Crippen LogP contribution in [0, 0.1) is 23.2 Å². The van der Waals surface area contributed by atoms with Crippen molar-refractivity contribution in [2.75, 3.05) is 13.1 Å². The molecule has 0 N–H and O–H groups in total. The van der Waals surface area contributed by atoms with Crippen molar-refractivity contribution >= 4 is 5.91 Å². The average Bonchev–Trinajstić information content (AvgIpc) is 2.38. The van der Waals surface area contributed by atoms with E-state index >= 15 is 0 Å². The summed E-state index contributed by atoms with van der Waals surface area (Å²) in [5.41, 5.74) is 0. The van der Waals surface area contributed by atoms with Gasteiger partial charge in [0.05, 0.1) is 12.0 Å². The largest absolute Gasteiger partial charge is 0.341 e. The molecular weight excluding hydrogens is 238 g/mol. The fraction of sp³-hybridized carbons (Fsp3) is 0.846. The molecule has 2 rings (SSSR count). The zero-order valence-electron chi connectivity index (χ0n) is 10.4. The zero-order chi connectivity index (χ0) is 13.2. The van der Waals surface area contributed by atoms with Crippen molar-refractivity contribution in [2.45, 2.75) is 44.4 Å². The maximum Gasteiger partial charge on any atom is 0.248 e. The lowest BCUT2D eigenvalue weighted by molar-refractivity contribution is -0.141. The van der Waals surface area contributed by atoms with Gasteiger partial charge in [0.15, 0.2) is 0 Å². The molecule has 100 valence electrons. The second-order valence-electron chi connectivity index (χ2n) is 5.38. The third kappa shape index (κ3) is 2.98. The molecule has 0 aromatic heterocycles. The fourth-order valence-corrected chi connectivity index (χ4v) is 2.83. The Kier molecular flexibility index (Phi) is 3.84. The highest BCUT2D eigenvalue weighted by atomic mass is 19.3. The normalized spacial score (nSPS) is 28.7. The summed E-state index contributed by atoms with van der Waals surface area (Å²) < 4.78 is 26.1. The Morgan fingerprint density at radius 2 is 1.94 bits per heavy atom. The summed E-state index contributed by atoms with van der Waals surface area (Å²) >= 11 is 0. The highest BCUT2D eigenvalue weighted by Crippen LogP contribution is 2.37. The van der Waals surface area contributed by atoms with E-state index in [2.05, 4.69) is 6.07 Å². The Morgan fingerprint density at radius 3 is 2.56 bits per heavy atom. The van der Waals surface area contributed by atoms with Crippen molar-refractivity contribution in [1.82, 2.24) is 4.90 Å². The molecule has 1 aliphatic carbocycles. The Morgan fingerprint density at radius 1 is 1.28 bits per heavy atom. The molecule has 1 heterocycles. The predicted molar refractivity (Wildman–Crippen MR) is 61.8 cm³/mol. The monoisotopic (exact) mass is 256 g/mol. The minimum Gasteiger partial charge on any atom is -0.341 e. The first-order chi connectivity index (χ1) is 8.52. The number of rotatable bonds is 1. The molecule has 1 unspecified atom stereocenters. The van der Waals surface area contributed by atoms with Crippen molar-refractivity contribution < 1.29 is 13.6 Å². The molecule has 1 saturated heterocycles. The van der Waals surface area contributed by atoms with Crippen LogP contribution in [0.2, 0.25) is 0 Å². The minimum absolute atomic E-state index is 0.0227. The SMILES string of the molecule is N#CC1CCCN(C(=O)C2CCC(F)(F)CC2)C1. The zero-order valence-corrected chi connectivity index (χ0v) is 10.4. The molecule has 1 saturated carbocycles. The maximum absolute atomic E-state index is 13.0. The van der Waals surface area contributed by atoms with Gasteiger partial charge < -0.3 is 4.90 Å². The van der Waals surface area contributed by atoms with Gasteiger partial charge in [0.25, 0.3) is 0 Å². The van der Waals surface area contributed by atoms with Gasteiger partial charge in [-0.15, -0.1) is 0 Å². The van der Waals surface area contributed by atoms with Gasteiger partial charge in [-0.3, -0.25) is 4.79 Å². The van der Waals surface area contributed by atoms with Crippen molar-refractivity contribution in [3.63, 3.8) is 0 Å². The number of carbonyl (C=O) groups is 1. The van der Waals surface area contributed by atoms with Gasteiger partial charge >= 0.3 is 0 Å². The fourth-order valence-electron chi connectivity index (χ4n) is 2.83. The van der Waals surface area contributed by atoms with E-state index in [0.29, 0.717) is 13.1 Å². The molecule has 0 radical (unpaired) electrons. The Labute approximate surface area is 106 Å². The molecule has 5 heteroatoms. The molecule has 2 aliphatic rings. The van der Waals surface area contributed by atoms with E-state index < -0.39 is 5.92 Å². The van der Waals surface area contributed by atoms with E-state index in [1.807, 2.05) is 0 Å². The molecule has 0 bridgehead atoms. The van der Waals surface area contributed by atoms with E-state index in [4.69, 9.17) is 5.26 Å². The van der Waals surface area contributed by atoms with Gasteiger partial charge in [-0.1, -0.05) is 0 Å². The molecule has 0 aromatic carbocycles. The molecule has 1 aliphatic heterocycles. The number of likely N-dealkylation sites (tertiary alicyclic amines) is 1. The van der Waals surface area contributed by atoms with Crippen LogP contribution in [0.4, 0.5) is 8.78 Å². The highest BCUT2D eigenvalue weighted by molar-refractivity contribution is 5.79. The smallest absolute Gasteiger partial charge is 0.248 e. The van der Waals surface area contributed by atoms with Gasteiger partial charge in [0, 0.05) is 31.8 Å². The quantitative estimate of drug-likeness (QED) is 0.723. The lowest BCUT2D eigenvalue weighted by atomic mass is 9.85. The van der Waals surface area contributed by atoms with Gasteiger partial charge in [0.2, 0.25) is 11.8 Å². The number of piperidine rings is 1. The Hall–Kier alpha value is -1.18. The molecule has 18 heavy (non-hydrogen) atoms. The van der Waals surface area contributed by atoms with Crippen LogP contribution < -0.4 is 0 Å². The third-order valence-corrected chi connectivity index (χ3v) is 3.98. The summed E-state index contributed by atoms with van der Waals surface area (Å²) in [5.74, 6) is -2.96. The predicted octanol–water partition coefficient (Wildman–Crippen LogP) is 2.57.